The fourth-order valence-electron chi connectivity index (χ4n) is 1.22. The molecule has 0 radical (unpaired) electrons. The molecule has 1 aromatic rings. The molecule has 0 aliphatic rings. The third-order valence-corrected chi connectivity index (χ3v) is 2.10. The Morgan fingerprint density at radius 2 is 2.07 bits per heavy atom. The molecule has 82 valence electrons. The van der Waals surface area contributed by atoms with Crippen LogP contribution in [0.15, 0.2) is 30.3 Å². The number of hydrogen-bond donors (Lipinski definition) is 1. The highest BCUT2D eigenvalue weighted by atomic mass is 16.5. The Bertz CT molecular complexity index is 298. The predicted octanol–water partition coefficient (Wildman–Crippen LogP) is 1.73. The lowest BCUT2D eigenvalue weighted by Crippen LogP contribution is -2.34. The van der Waals surface area contributed by atoms with Gasteiger partial charge in [0.25, 0.3) is 0 Å². The van der Waals surface area contributed by atoms with Gasteiger partial charge in [0.05, 0.1) is 6.61 Å². The van der Waals surface area contributed by atoms with Gasteiger partial charge >= 0.3 is 5.97 Å². The zero-order valence-electron chi connectivity index (χ0n) is 9.19. The lowest BCUT2D eigenvalue weighted by Gasteiger charge is -2.12. The molecule has 15 heavy (non-hydrogen) atoms. The maximum absolute atomic E-state index is 11.3. The molecule has 0 heterocycles. The molecule has 0 aromatic heterocycles. The largest absolute Gasteiger partial charge is 0.465 e. The van der Waals surface area contributed by atoms with E-state index in [1.807, 2.05) is 37.3 Å². The van der Waals surface area contributed by atoms with Crippen molar-refractivity contribution in [2.45, 2.75) is 26.4 Å². The first kappa shape index (κ1) is 11.7. The van der Waals surface area contributed by atoms with Gasteiger partial charge in [-0.05, 0) is 19.4 Å². The molecule has 0 aliphatic heterocycles. The second-order valence-corrected chi connectivity index (χ2v) is 3.34. The van der Waals surface area contributed by atoms with Gasteiger partial charge in [-0.3, -0.25) is 4.79 Å². The average molecular weight is 207 g/mol. The van der Waals surface area contributed by atoms with Crippen LogP contribution in [0.4, 0.5) is 0 Å². The van der Waals surface area contributed by atoms with Gasteiger partial charge in [0.2, 0.25) is 0 Å². The first-order valence-electron chi connectivity index (χ1n) is 5.18. The van der Waals surface area contributed by atoms with Crippen LogP contribution in [0.25, 0.3) is 0 Å². The van der Waals surface area contributed by atoms with Gasteiger partial charge < -0.3 is 10.1 Å². The van der Waals surface area contributed by atoms with E-state index in [1.54, 1.807) is 6.92 Å². The Morgan fingerprint density at radius 1 is 1.40 bits per heavy atom. The van der Waals surface area contributed by atoms with Crippen molar-refractivity contribution in [3.05, 3.63) is 35.9 Å². The molecule has 0 saturated heterocycles. The van der Waals surface area contributed by atoms with E-state index in [1.165, 1.54) is 0 Å². The molecule has 0 bridgehead atoms. The first-order valence-corrected chi connectivity index (χ1v) is 5.18. The molecule has 3 nitrogen and oxygen atoms in total. The van der Waals surface area contributed by atoms with Crippen molar-refractivity contribution in [2.75, 3.05) is 6.61 Å². The van der Waals surface area contributed by atoms with E-state index in [4.69, 9.17) is 4.74 Å². The van der Waals surface area contributed by atoms with E-state index in [0.717, 1.165) is 5.56 Å². The zero-order valence-corrected chi connectivity index (χ0v) is 9.19. The van der Waals surface area contributed by atoms with Crippen molar-refractivity contribution >= 4 is 5.97 Å². The Kier molecular flexibility index (Phi) is 4.84. The van der Waals surface area contributed by atoms with E-state index in [-0.39, 0.29) is 12.0 Å². The molecule has 1 aromatic carbocycles. The van der Waals surface area contributed by atoms with Gasteiger partial charge in [0.15, 0.2) is 0 Å². The molecule has 1 rings (SSSR count). The van der Waals surface area contributed by atoms with Crippen LogP contribution in [0.3, 0.4) is 0 Å². The SMILES string of the molecule is CCOC(=O)C(C)NCc1ccccc1. The Hall–Kier alpha value is -1.35. The van der Waals surface area contributed by atoms with Crippen molar-refractivity contribution in [3.8, 4) is 0 Å². The normalized spacial score (nSPS) is 12.1. The molecule has 0 aliphatic carbocycles. The van der Waals surface area contributed by atoms with Crippen LogP contribution in [0.2, 0.25) is 0 Å². The fourth-order valence-corrected chi connectivity index (χ4v) is 1.22. The minimum atomic E-state index is -0.259. The number of benzene rings is 1. The summed E-state index contributed by atoms with van der Waals surface area (Å²) >= 11 is 0. The molecule has 0 saturated carbocycles. The van der Waals surface area contributed by atoms with Crippen LogP contribution < -0.4 is 5.32 Å². The van der Waals surface area contributed by atoms with E-state index in [0.29, 0.717) is 13.2 Å². The van der Waals surface area contributed by atoms with Gasteiger partial charge in [0, 0.05) is 6.54 Å². The highest BCUT2D eigenvalue weighted by Crippen LogP contribution is 1.98. The maximum Gasteiger partial charge on any atom is 0.322 e. The minimum absolute atomic E-state index is 0.201. The highest BCUT2D eigenvalue weighted by molar-refractivity contribution is 5.75. The van der Waals surface area contributed by atoms with Crippen molar-refractivity contribution in [1.82, 2.24) is 5.32 Å². The summed E-state index contributed by atoms with van der Waals surface area (Å²) in [7, 11) is 0. The topological polar surface area (TPSA) is 38.3 Å². The van der Waals surface area contributed by atoms with Crippen LogP contribution in [0.5, 0.6) is 0 Å². The molecule has 0 fully saturated rings. The summed E-state index contributed by atoms with van der Waals surface area (Å²) in [5.41, 5.74) is 1.16. The monoisotopic (exact) mass is 207 g/mol. The molecule has 0 amide bonds. The Morgan fingerprint density at radius 3 is 2.67 bits per heavy atom. The standard InChI is InChI=1S/C12H17NO2/c1-3-15-12(14)10(2)13-9-11-7-5-4-6-8-11/h4-8,10,13H,3,9H2,1-2H3. The number of esters is 1. The summed E-state index contributed by atoms with van der Waals surface area (Å²) in [5, 5.41) is 3.11. The molecule has 1 N–H and O–H groups in total. The van der Waals surface area contributed by atoms with Gasteiger partial charge in [0.1, 0.15) is 6.04 Å². The van der Waals surface area contributed by atoms with Crippen LogP contribution in [0, 0.1) is 0 Å². The summed E-state index contributed by atoms with van der Waals surface area (Å²) in [5.74, 6) is -0.201. The van der Waals surface area contributed by atoms with Gasteiger partial charge in [-0.1, -0.05) is 30.3 Å². The number of carbonyl (C=O) groups is 1. The minimum Gasteiger partial charge on any atom is -0.465 e. The number of carbonyl (C=O) groups excluding carboxylic acids is 1. The van der Waals surface area contributed by atoms with Crippen LogP contribution >= 0.6 is 0 Å². The number of nitrogens with one attached hydrogen (secondary N) is 1. The van der Waals surface area contributed by atoms with Crippen LogP contribution in [0.1, 0.15) is 19.4 Å². The Balaban J connectivity index is 2.34. The van der Waals surface area contributed by atoms with Gasteiger partial charge in [-0.25, -0.2) is 0 Å². The lowest BCUT2D eigenvalue weighted by molar-refractivity contribution is -0.145. The maximum atomic E-state index is 11.3. The highest BCUT2D eigenvalue weighted by Gasteiger charge is 2.12. The number of ether oxygens (including phenoxy) is 1. The molecular weight excluding hydrogens is 190 g/mol. The van der Waals surface area contributed by atoms with Crippen molar-refractivity contribution < 1.29 is 9.53 Å². The summed E-state index contributed by atoms with van der Waals surface area (Å²) in [6, 6.07) is 9.71. The van der Waals surface area contributed by atoms with E-state index < -0.39 is 0 Å². The van der Waals surface area contributed by atoms with Crippen molar-refractivity contribution in [2.24, 2.45) is 0 Å². The van der Waals surface area contributed by atoms with Crippen LogP contribution in [-0.2, 0) is 16.1 Å². The van der Waals surface area contributed by atoms with Crippen LogP contribution in [-0.4, -0.2) is 18.6 Å². The average Bonchev–Trinajstić information content (AvgIpc) is 2.27. The number of hydrogen-bond acceptors (Lipinski definition) is 3. The van der Waals surface area contributed by atoms with Gasteiger partial charge in [-0.2, -0.15) is 0 Å². The summed E-state index contributed by atoms with van der Waals surface area (Å²) in [6.45, 7) is 4.72. The van der Waals surface area contributed by atoms with E-state index >= 15 is 0 Å². The summed E-state index contributed by atoms with van der Waals surface area (Å²) < 4.78 is 4.89. The second kappa shape index (κ2) is 6.19. The van der Waals surface area contributed by atoms with E-state index in [2.05, 4.69) is 5.32 Å². The molecular formula is C12H17NO2. The molecule has 1 unspecified atom stereocenters. The Labute approximate surface area is 90.4 Å². The summed E-state index contributed by atoms with van der Waals surface area (Å²) in [4.78, 5) is 11.3. The van der Waals surface area contributed by atoms with Crippen molar-refractivity contribution in [3.63, 3.8) is 0 Å². The molecule has 0 spiro atoms. The predicted molar refractivity (Wildman–Crippen MR) is 59.4 cm³/mol. The molecule has 1 atom stereocenters. The lowest BCUT2D eigenvalue weighted by atomic mass is 10.2. The second-order valence-electron chi connectivity index (χ2n) is 3.34. The summed E-state index contributed by atoms with van der Waals surface area (Å²) in [6.07, 6.45) is 0. The van der Waals surface area contributed by atoms with E-state index in [9.17, 15) is 4.79 Å². The first-order chi connectivity index (χ1) is 7.24. The zero-order chi connectivity index (χ0) is 11.1. The van der Waals surface area contributed by atoms with Gasteiger partial charge in [-0.15, -0.1) is 0 Å². The van der Waals surface area contributed by atoms with Crippen molar-refractivity contribution in [1.29, 1.82) is 0 Å². The molecule has 3 heteroatoms. The smallest absolute Gasteiger partial charge is 0.322 e. The quantitative estimate of drug-likeness (QED) is 0.747. The number of rotatable bonds is 5. The fraction of sp³-hybridized carbons (Fsp3) is 0.417. The third-order valence-electron chi connectivity index (χ3n) is 2.10. The third kappa shape index (κ3) is 4.13.